The molecule has 1 fully saturated rings. The SMILES string of the molecule is CCS(=O)(=O)c1ccc(CCC(=O)c2cc3c(s2)C2(CCN(Cc4ccc(F)c(C(F)(F)F)c4)CC2)OCC3)cc1. The van der Waals surface area contributed by atoms with Crippen LogP contribution >= 0.6 is 11.3 Å². The van der Waals surface area contributed by atoms with Gasteiger partial charge in [0.25, 0.3) is 0 Å². The Morgan fingerprint density at radius 1 is 1.05 bits per heavy atom. The molecule has 5 rings (SSSR count). The fraction of sp³-hybridized carbons (Fsp3) is 0.433. The van der Waals surface area contributed by atoms with Crippen LogP contribution in [-0.2, 0) is 45.7 Å². The average Bonchev–Trinajstić information content (AvgIpc) is 3.40. The molecule has 1 saturated heterocycles. The minimum Gasteiger partial charge on any atom is -0.369 e. The summed E-state index contributed by atoms with van der Waals surface area (Å²) >= 11 is 1.47. The maximum absolute atomic E-state index is 13.7. The Morgan fingerprint density at radius 2 is 1.73 bits per heavy atom. The second-order valence-electron chi connectivity index (χ2n) is 10.6. The number of likely N-dealkylation sites (tertiary alicyclic amines) is 1. The van der Waals surface area contributed by atoms with Gasteiger partial charge in [-0.3, -0.25) is 9.69 Å². The lowest BCUT2D eigenvalue weighted by molar-refractivity contribution is -0.140. The van der Waals surface area contributed by atoms with Crippen molar-refractivity contribution < 1.29 is 35.5 Å². The van der Waals surface area contributed by atoms with Crippen LogP contribution in [0.4, 0.5) is 17.6 Å². The van der Waals surface area contributed by atoms with Gasteiger partial charge in [-0.25, -0.2) is 12.8 Å². The Morgan fingerprint density at radius 3 is 2.39 bits per heavy atom. The molecule has 1 spiro atoms. The third-order valence-corrected chi connectivity index (χ3v) is 11.1. The first-order valence-electron chi connectivity index (χ1n) is 13.6. The summed E-state index contributed by atoms with van der Waals surface area (Å²) in [6.07, 6.45) is -1.92. The topological polar surface area (TPSA) is 63.7 Å². The maximum atomic E-state index is 13.7. The van der Waals surface area contributed by atoms with E-state index in [2.05, 4.69) is 0 Å². The minimum absolute atomic E-state index is 0.0269. The Kier molecular flexibility index (Phi) is 8.44. The van der Waals surface area contributed by atoms with Crippen LogP contribution in [0.1, 0.15) is 63.0 Å². The molecule has 3 heterocycles. The molecule has 2 aliphatic rings. The van der Waals surface area contributed by atoms with Gasteiger partial charge in [-0.05, 0) is 72.7 Å². The third kappa shape index (κ3) is 6.43. The highest BCUT2D eigenvalue weighted by Gasteiger charge is 2.43. The summed E-state index contributed by atoms with van der Waals surface area (Å²) in [7, 11) is -3.27. The molecule has 0 N–H and O–H groups in total. The molecule has 2 aliphatic heterocycles. The number of hydrogen-bond acceptors (Lipinski definition) is 6. The fourth-order valence-corrected chi connectivity index (χ4v) is 7.82. The molecule has 5 nitrogen and oxygen atoms in total. The van der Waals surface area contributed by atoms with E-state index in [0.717, 1.165) is 28.1 Å². The minimum atomic E-state index is -4.74. The smallest absolute Gasteiger partial charge is 0.369 e. The van der Waals surface area contributed by atoms with Crippen LogP contribution in [-0.4, -0.2) is 44.6 Å². The molecule has 0 aliphatic carbocycles. The van der Waals surface area contributed by atoms with Crippen LogP contribution in [0.2, 0.25) is 0 Å². The van der Waals surface area contributed by atoms with Crippen molar-refractivity contribution in [3.8, 4) is 0 Å². The number of aryl methyl sites for hydroxylation is 1. The van der Waals surface area contributed by atoms with Crippen molar-refractivity contribution in [1.29, 1.82) is 0 Å². The molecule has 0 saturated carbocycles. The molecule has 11 heteroatoms. The zero-order valence-electron chi connectivity index (χ0n) is 22.6. The average molecular weight is 610 g/mol. The van der Waals surface area contributed by atoms with E-state index in [1.807, 2.05) is 11.0 Å². The van der Waals surface area contributed by atoms with E-state index in [1.54, 1.807) is 31.2 Å². The number of sulfone groups is 1. The van der Waals surface area contributed by atoms with Crippen molar-refractivity contribution in [3.63, 3.8) is 0 Å². The summed E-state index contributed by atoms with van der Waals surface area (Å²) in [6.45, 7) is 3.63. The van der Waals surface area contributed by atoms with E-state index in [0.29, 0.717) is 62.2 Å². The standard InChI is InChI=1S/C30H31F4NO4S2/c1-2-41(37,38)23-7-3-20(4-8-23)6-10-26(36)27-18-22-11-16-39-29(28(22)40-27)12-14-35(15-13-29)19-21-5-9-25(31)24(17-21)30(32,33)34/h3-5,7-9,17-18H,2,6,10-16,19H2,1H3. The zero-order valence-corrected chi connectivity index (χ0v) is 24.2. The molecule has 2 aromatic carbocycles. The summed E-state index contributed by atoms with van der Waals surface area (Å²) in [5.41, 5.74) is 0.644. The maximum Gasteiger partial charge on any atom is 0.419 e. The summed E-state index contributed by atoms with van der Waals surface area (Å²) in [6, 6.07) is 11.8. The second kappa shape index (κ2) is 11.6. The van der Waals surface area contributed by atoms with Gasteiger partial charge < -0.3 is 4.74 Å². The zero-order chi connectivity index (χ0) is 29.4. The number of ketones is 1. The largest absolute Gasteiger partial charge is 0.419 e. The van der Waals surface area contributed by atoms with Crippen molar-refractivity contribution in [3.05, 3.63) is 86.4 Å². The second-order valence-corrected chi connectivity index (χ2v) is 13.9. The van der Waals surface area contributed by atoms with Crippen LogP contribution in [0.3, 0.4) is 0 Å². The number of ether oxygens (including phenoxy) is 1. The van der Waals surface area contributed by atoms with Crippen molar-refractivity contribution in [2.75, 3.05) is 25.4 Å². The van der Waals surface area contributed by atoms with Crippen molar-refractivity contribution in [2.24, 2.45) is 0 Å². The molecule has 0 radical (unpaired) electrons. The molecule has 0 amide bonds. The number of benzene rings is 2. The molecule has 1 aromatic heterocycles. The van der Waals surface area contributed by atoms with Crippen LogP contribution in [0.25, 0.3) is 0 Å². The van der Waals surface area contributed by atoms with Crippen molar-refractivity contribution >= 4 is 27.0 Å². The molecular weight excluding hydrogens is 578 g/mol. The Balaban J connectivity index is 1.22. The van der Waals surface area contributed by atoms with Gasteiger partial charge >= 0.3 is 6.18 Å². The van der Waals surface area contributed by atoms with Gasteiger partial charge in [0.05, 0.1) is 27.7 Å². The number of alkyl halides is 3. The number of thiophene rings is 1. The van der Waals surface area contributed by atoms with Crippen LogP contribution < -0.4 is 0 Å². The summed E-state index contributed by atoms with van der Waals surface area (Å²) in [5.74, 6) is -1.21. The molecule has 220 valence electrons. The van der Waals surface area contributed by atoms with E-state index in [4.69, 9.17) is 4.74 Å². The Labute approximate surface area is 241 Å². The van der Waals surface area contributed by atoms with E-state index >= 15 is 0 Å². The highest BCUT2D eigenvalue weighted by atomic mass is 32.2. The number of carbonyl (C=O) groups is 1. The van der Waals surface area contributed by atoms with Gasteiger partial charge in [0.1, 0.15) is 11.4 Å². The third-order valence-electron chi connectivity index (χ3n) is 7.96. The number of carbonyl (C=O) groups excluding carboxylic acids is 1. The number of halogens is 4. The van der Waals surface area contributed by atoms with Gasteiger partial charge in [0.2, 0.25) is 0 Å². The molecule has 41 heavy (non-hydrogen) atoms. The number of rotatable bonds is 8. The normalized spacial score (nSPS) is 17.5. The highest BCUT2D eigenvalue weighted by Crippen LogP contribution is 2.46. The van der Waals surface area contributed by atoms with Gasteiger partial charge in [0, 0.05) is 30.9 Å². The fourth-order valence-electron chi connectivity index (χ4n) is 5.56. The van der Waals surface area contributed by atoms with E-state index in [1.165, 1.54) is 17.4 Å². The quantitative estimate of drug-likeness (QED) is 0.213. The lowest BCUT2D eigenvalue weighted by Crippen LogP contribution is -2.45. The summed E-state index contributed by atoms with van der Waals surface area (Å²) in [4.78, 5) is 17.2. The molecule has 0 atom stereocenters. The van der Waals surface area contributed by atoms with Gasteiger partial charge in [-0.1, -0.05) is 25.1 Å². The number of piperidine rings is 1. The number of Topliss-reactive ketones (excluding diaryl/α,β-unsaturated/α-hetero) is 1. The predicted molar refractivity (Wildman–Crippen MR) is 148 cm³/mol. The highest BCUT2D eigenvalue weighted by molar-refractivity contribution is 7.91. The molecular formula is C30H31F4NO4S2. The predicted octanol–water partition coefficient (Wildman–Crippen LogP) is 6.58. The first-order valence-corrected chi connectivity index (χ1v) is 16.1. The first kappa shape index (κ1) is 29.9. The van der Waals surface area contributed by atoms with E-state index in [9.17, 15) is 30.8 Å². The van der Waals surface area contributed by atoms with Gasteiger partial charge in [-0.2, -0.15) is 13.2 Å². The van der Waals surface area contributed by atoms with Crippen LogP contribution in [0.15, 0.2) is 53.4 Å². The molecule has 0 bridgehead atoms. The number of hydrogen-bond donors (Lipinski definition) is 0. The summed E-state index contributed by atoms with van der Waals surface area (Å²) < 4.78 is 83.5. The molecule has 3 aromatic rings. The lowest BCUT2D eigenvalue weighted by Gasteiger charge is -2.43. The number of nitrogens with zero attached hydrogens (tertiary/aromatic N) is 1. The van der Waals surface area contributed by atoms with Crippen LogP contribution in [0, 0.1) is 5.82 Å². The molecule has 0 unspecified atom stereocenters. The first-order chi connectivity index (χ1) is 19.4. The Bertz CT molecular complexity index is 1520. The number of fused-ring (bicyclic) bond motifs is 2. The van der Waals surface area contributed by atoms with Crippen LogP contribution in [0.5, 0.6) is 0 Å². The monoisotopic (exact) mass is 609 g/mol. The Hall–Kier alpha value is -2.60. The van der Waals surface area contributed by atoms with Crippen molar-refractivity contribution in [2.45, 2.75) is 62.2 Å². The van der Waals surface area contributed by atoms with Crippen molar-refractivity contribution in [1.82, 2.24) is 4.90 Å². The lowest BCUT2D eigenvalue weighted by atomic mass is 9.85. The van der Waals surface area contributed by atoms with Gasteiger partial charge in [-0.15, -0.1) is 11.3 Å². The van der Waals surface area contributed by atoms with Gasteiger partial charge in [0.15, 0.2) is 15.6 Å². The van der Waals surface area contributed by atoms with E-state index < -0.39 is 33.0 Å². The van der Waals surface area contributed by atoms with E-state index in [-0.39, 0.29) is 23.0 Å². The summed E-state index contributed by atoms with van der Waals surface area (Å²) in [5, 5.41) is 0.